The van der Waals surface area contributed by atoms with Crippen LogP contribution >= 0.6 is 0 Å². The van der Waals surface area contributed by atoms with Crippen molar-refractivity contribution in [2.45, 2.75) is 52.1 Å². The topological polar surface area (TPSA) is 73.9 Å². The Morgan fingerprint density at radius 3 is 2.95 bits per heavy atom. The highest BCUT2D eigenvalue weighted by Gasteiger charge is 2.27. The van der Waals surface area contributed by atoms with E-state index in [-0.39, 0.29) is 11.9 Å². The number of aromatic amines is 1. The van der Waals surface area contributed by atoms with E-state index >= 15 is 0 Å². The summed E-state index contributed by atoms with van der Waals surface area (Å²) in [4.78, 5) is 18.5. The van der Waals surface area contributed by atoms with Crippen molar-refractivity contribution < 1.29 is 4.79 Å². The number of carbonyl (C=O) groups excluding carboxylic acids is 1. The zero-order valence-electron chi connectivity index (χ0n) is 13.4. The third-order valence-corrected chi connectivity index (χ3v) is 4.12. The first-order valence-corrected chi connectivity index (χ1v) is 7.95. The van der Waals surface area contributed by atoms with E-state index < -0.39 is 0 Å². The molecule has 0 spiro atoms. The van der Waals surface area contributed by atoms with Crippen LogP contribution in [0, 0.1) is 0 Å². The molecule has 6 heteroatoms. The van der Waals surface area contributed by atoms with Gasteiger partial charge in [-0.05, 0) is 45.2 Å². The number of piperidine rings is 1. The number of H-pyrrole nitrogens is 1. The minimum atomic E-state index is 0.0838. The molecule has 1 fully saturated rings. The van der Waals surface area contributed by atoms with Gasteiger partial charge >= 0.3 is 0 Å². The highest BCUT2D eigenvalue weighted by molar-refractivity contribution is 5.87. The summed E-state index contributed by atoms with van der Waals surface area (Å²) in [5.41, 5.74) is 1.72. The molecule has 2 N–H and O–H groups in total. The first kappa shape index (κ1) is 14.8. The van der Waals surface area contributed by atoms with Gasteiger partial charge in [0.2, 0.25) is 5.91 Å². The molecule has 1 aliphatic heterocycles. The Morgan fingerprint density at radius 2 is 2.23 bits per heavy atom. The molecule has 3 heterocycles. The molecule has 3 rings (SSSR count). The molecule has 22 heavy (non-hydrogen) atoms. The zero-order valence-corrected chi connectivity index (χ0v) is 13.4. The third-order valence-electron chi connectivity index (χ3n) is 4.12. The van der Waals surface area contributed by atoms with Crippen LogP contribution in [0.3, 0.4) is 0 Å². The van der Waals surface area contributed by atoms with Gasteiger partial charge in [-0.3, -0.25) is 9.89 Å². The van der Waals surface area contributed by atoms with Crippen molar-refractivity contribution in [1.82, 2.24) is 20.1 Å². The van der Waals surface area contributed by atoms with Gasteiger partial charge in [-0.15, -0.1) is 0 Å². The van der Waals surface area contributed by atoms with Gasteiger partial charge < -0.3 is 10.2 Å². The summed E-state index contributed by atoms with van der Waals surface area (Å²) >= 11 is 0. The molecule has 0 aliphatic carbocycles. The Kier molecular flexibility index (Phi) is 4.00. The molecule has 0 aromatic carbocycles. The van der Waals surface area contributed by atoms with Crippen LogP contribution in [-0.2, 0) is 4.79 Å². The second-order valence-corrected chi connectivity index (χ2v) is 6.23. The van der Waals surface area contributed by atoms with Crippen molar-refractivity contribution in [2.24, 2.45) is 0 Å². The standard InChI is InChI=1S/C16H23N5O/c1-10(2)17-15-12-7-8-13(18-16(12)20-19-15)14-6-4-5-9-21(14)11(3)22/h7-8,10,14H,4-6,9H2,1-3H3,(H2,17,18,19,20). The molecule has 1 amide bonds. The number of rotatable bonds is 3. The maximum atomic E-state index is 11.8. The summed E-state index contributed by atoms with van der Waals surface area (Å²) in [5.74, 6) is 0.953. The molecule has 1 aliphatic rings. The molecule has 6 nitrogen and oxygen atoms in total. The first-order chi connectivity index (χ1) is 10.6. The minimum Gasteiger partial charge on any atom is -0.366 e. The molecule has 2 aromatic heterocycles. The lowest BCUT2D eigenvalue weighted by atomic mass is 9.98. The van der Waals surface area contributed by atoms with E-state index in [1.807, 2.05) is 17.0 Å². The molecular weight excluding hydrogens is 278 g/mol. The summed E-state index contributed by atoms with van der Waals surface area (Å²) in [7, 11) is 0. The predicted molar refractivity (Wildman–Crippen MR) is 86.6 cm³/mol. The molecule has 0 radical (unpaired) electrons. The van der Waals surface area contributed by atoms with Crippen molar-refractivity contribution in [3.05, 3.63) is 17.8 Å². The van der Waals surface area contributed by atoms with Gasteiger partial charge in [-0.1, -0.05) is 0 Å². The van der Waals surface area contributed by atoms with Crippen LogP contribution in [0.15, 0.2) is 12.1 Å². The van der Waals surface area contributed by atoms with Crippen LogP contribution in [-0.4, -0.2) is 38.6 Å². The number of likely N-dealkylation sites (tertiary alicyclic amines) is 1. The van der Waals surface area contributed by atoms with Crippen molar-refractivity contribution in [1.29, 1.82) is 0 Å². The Labute approximate surface area is 130 Å². The van der Waals surface area contributed by atoms with Crippen molar-refractivity contribution >= 4 is 22.8 Å². The van der Waals surface area contributed by atoms with Gasteiger partial charge in [-0.25, -0.2) is 4.98 Å². The normalized spacial score (nSPS) is 18.9. The van der Waals surface area contributed by atoms with Crippen molar-refractivity contribution in [2.75, 3.05) is 11.9 Å². The maximum absolute atomic E-state index is 11.8. The lowest BCUT2D eigenvalue weighted by Crippen LogP contribution is -2.37. The molecule has 1 unspecified atom stereocenters. The molecular formula is C16H23N5O. The Balaban J connectivity index is 1.93. The summed E-state index contributed by atoms with van der Waals surface area (Å²) in [6.45, 7) is 6.62. The highest BCUT2D eigenvalue weighted by atomic mass is 16.2. The van der Waals surface area contributed by atoms with Crippen molar-refractivity contribution in [3.8, 4) is 0 Å². The van der Waals surface area contributed by atoms with E-state index in [1.54, 1.807) is 6.92 Å². The van der Waals surface area contributed by atoms with Gasteiger partial charge in [0.25, 0.3) is 0 Å². The predicted octanol–water partition coefficient (Wildman–Crippen LogP) is 2.85. The van der Waals surface area contributed by atoms with E-state index in [4.69, 9.17) is 4.98 Å². The number of carbonyl (C=O) groups is 1. The summed E-state index contributed by atoms with van der Waals surface area (Å²) in [6, 6.07) is 4.46. The lowest BCUT2D eigenvalue weighted by Gasteiger charge is -2.34. The monoisotopic (exact) mass is 301 g/mol. The number of hydrogen-bond donors (Lipinski definition) is 2. The number of pyridine rings is 1. The van der Waals surface area contributed by atoms with Crippen LogP contribution in [0.2, 0.25) is 0 Å². The minimum absolute atomic E-state index is 0.0838. The average Bonchev–Trinajstić information content (AvgIpc) is 2.89. The van der Waals surface area contributed by atoms with Gasteiger partial charge in [0.05, 0.1) is 17.1 Å². The van der Waals surface area contributed by atoms with Gasteiger partial charge in [0, 0.05) is 19.5 Å². The fourth-order valence-corrected chi connectivity index (χ4v) is 3.10. The number of fused-ring (bicyclic) bond motifs is 1. The number of aromatic nitrogens is 3. The lowest BCUT2D eigenvalue weighted by molar-refractivity contribution is -0.132. The summed E-state index contributed by atoms with van der Waals surface area (Å²) in [6.07, 6.45) is 3.19. The molecule has 0 saturated carbocycles. The fraction of sp³-hybridized carbons (Fsp3) is 0.562. The summed E-state index contributed by atoms with van der Waals surface area (Å²) < 4.78 is 0. The SMILES string of the molecule is CC(=O)N1CCCCC1c1ccc2c(NC(C)C)n[nH]c2n1. The number of amides is 1. The molecule has 1 saturated heterocycles. The fourth-order valence-electron chi connectivity index (χ4n) is 3.10. The molecule has 2 aromatic rings. The van der Waals surface area contributed by atoms with Gasteiger partial charge in [0.15, 0.2) is 11.5 Å². The van der Waals surface area contributed by atoms with Crippen LogP contribution < -0.4 is 5.32 Å². The maximum Gasteiger partial charge on any atom is 0.220 e. The second-order valence-electron chi connectivity index (χ2n) is 6.23. The van der Waals surface area contributed by atoms with Gasteiger partial charge in [0.1, 0.15) is 0 Å². The van der Waals surface area contributed by atoms with E-state index in [2.05, 4.69) is 29.4 Å². The van der Waals surface area contributed by atoms with Crippen LogP contribution in [0.4, 0.5) is 5.82 Å². The Morgan fingerprint density at radius 1 is 1.41 bits per heavy atom. The Hall–Kier alpha value is -2.11. The third kappa shape index (κ3) is 2.77. The second kappa shape index (κ2) is 5.94. The zero-order chi connectivity index (χ0) is 15.7. The van der Waals surface area contributed by atoms with Gasteiger partial charge in [-0.2, -0.15) is 5.10 Å². The number of nitrogens with one attached hydrogen (secondary N) is 2. The van der Waals surface area contributed by atoms with Crippen LogP contribution in [0.5, 0.6) is 0 Å². The van der Waals surface area contributed by atoms with E-state index in [0.717, 1.165) is 48.4 Å². The summed E-state index contributed by atoms with van der Waals surface area (Å²) in [5, 5.41) is 11.6. The first-order valence-electron chi connectivity index (χ1n) is 7.95. The van der Waals surface area contributed by atoms with Crippen LogP contribution in [0.1, 0.15) is 51.8 Å². The van der Waals surface area contributed by atoms with E-state index in [9.17, 15) is 4.79 Å². The Bertz CT molecular complexity index is 678. The molecule has 118 valence electrons. The van der Waals surface area contributed by atoms with E-state index in [0.29, 0.717) is 6.04 Å². The number of anilines is 1. The highest BCUT2D eigenvalue weighted by Crippen LogP contribution is 2.31. The largest absolute Gasteiger partial charge is 0.366 e. The molecule has 0 bridgehead atoms. The molecule has 1 atom stereocenters. The number of nitrogens with zero attached hydrogens (tertiary/aromatic N) is 3. The van der Waals surface area contributed by atoms with Crippen LogP contribution in [0.25, 0.3) is 11.0 Å². The quantitative estimate of drug-likeness (QED) is 0.914. The number of hydrogen-bond acceptors (Lipinski definition) is 4. The average molecular weight is 301 g/mol. The smallest absolute Gasteiger partial charge is 0.220 e. The van der Waals surface area contributed by atoms with Crippen molar-refractivity contribution in [3.63, 3.8) is 0 Å². The van der Waals surface area contributed by atoms with E-state index in [1.165, 1.54) is 0 Å².